The van der Waals surface area contributed by atoms with E-state index in [9.17, 15) is 33.6 Å². The van der Waals surface area contributed by atoms with E-state index in [0.717, 1.165) is 6.42 Å². The van der Waals surface area contributed by atoms with Crippen molar-refractivity contribution in [2.45, 2.75) is 60.3 Å². The van der Waals surface area contributed by atoms with Crippen LogP contribution in [0.4, 0.5) is 4.79 Å². The molecular formula is C32H43N3Na2O13. The van der Waals surface area contributed by atoms with Crippen LogP contribution in [0.25, 0.3) is 0 Å². The average Bonchev–Trinajstić information content (AvgIpc) is 3.44. The number of carbonyl (C=O) groups is 8. The second kappa shape index (κ2) is 29.3. The van der Waals surface area contributed by atoms with Gasteiger partial charge in [0.15, 0.2) is 0 Å². The molecule has 0 atom stereocenters. The van der Waals surface area contributed by atoms with Crippen LogP contribution in [-0.4, -0.2) is 87.8 Å². The van der Waals surface area contributed by atoms with Gasteiger partial charge in [0.25, 0.3) is 30.1 Å². The summed E-state index contributed by atoms with van der Waals surface area (Å²) in [5.74, 6) is -3.43. The molecule has 2 aliphatic heterocycles. The number of hydrogen-bond acceptors (Lipinski definition) is 12. The molecule has 0 spiro atoms. The minimum atomic E-state index is -0.922. The van der Waals surface area contributed by atoms with Gasteiger partial charge in [0.1, 0.15) is 0 Å². The third-order valence-electron chi connectivity index (χ3n) is 6.03. The fourth-order valence-corrected chi connectivity index (χ4v) is 3.95. The number of rotatable bonds is 11. The molecule has 16 nitrogen and oxygen atoms in total. The molecule has 0 saturated heterocycles. The van der Waals surface area contributed by atoms with Gasteiger partial charge in [0.05, 0.1) is 28.9 Å². The number of nitrogens with zero attached hydrogens (tertiary/aromatic N) is 2. The predicted octanol–water partition coefficient (Wildman–Crippen LogP) is -3.00. The second-order valence-corrected chi connectivity index (χ2v) is 9.18. The van der Waals surface area contributed by atoms with Crippen LogP contribution in [0.15, 0.2) is 48.5 Å². The zero-order valence-corrected chi connectivity index (χ0v) is 30.9. The molecule has 0 bridgehead atoms. The van der Waals surface area contributed by atoms with Crippen LogP contribution in [0, 0.1) is 0 Å². The molecule has 18 heteroatoms. The van der Waals surface area contributed by atoms with Gasteiger partial charge in [-0.25, -0.2) is 4.79 Å². The van der Waals surface area contributed by atoms with E-state index >= 15 is 0 Å². The molecule has 50 heavy (non-hydrogen) atoms. The summed E-state index contributed by atoms with van der Waals surface area (Å²) >= 11 is 0. The van der Waals surface area contributed by atoms with E-state index in [1.54, 1.807) is 43.3 Å². The molecule has 0 unspecified atom stereocenters. The van der Waals surface area contributed by atoms with Gasteiger partial charge in [-0.15, -0.1) is 0 Å². The molecule has 2 aliphatic rings. The van der Waals surface area contributed by atoms with Gasteiger partial charge in [-0.05, 0) is 63.4 Å². The summed E-state index contributed by atoms with van der Waals surface area (Å²) in [7, 11) is 0. The monoisotopic (exact) mass is 723 g/mol. The molecule has 5 amide bonds. The number of nitrogens with two attached hydrogens (primary N) is 1. The Morgan fingerprint density at radius 3 is 1.44 bits per heavy atom. The SMILES string of the molecule is C.C.CCOC(=O)N1C(=O)c2ccccc2C1=O.NCCCCC(=O)O.O=C(O)CCCCN1C(=O)c2ccccc2C1=O.O=CO[O-].[H-].[Na+].[Na+]. The van der Waals surface area contributed by atoms with Gasteiger partial charge < -0.3 is 32.3 Å². The molecule has 4 rings (SSSR count). The largest absolute Gasteiger partial charge is 1.00 e. The summed E-state index contributed by atoms with van der Waals surface area (Å²) in [4.78, 5) is 91.8. The minimum absolute atomic E-state index is 0. The van der Waals surface area contributed by atoms with Crippen LogP contribution in [0.1, 0.15) is 103 Å². The number of carbonyl (C=O) groups excluding carboxylic acids is 6. The Kier molecular flexibility index (Phi) is 31.2. The Balaban J connectivity index is -0.000000198. The van der Waals surface area contributed by atoms with Crippen LogP contribution in [0.2, 0.25) is 0 Å². The van der Waals surface area contributed by atoms with Crippen molar-refractivity contribution in [3.8, 4) is 0 Å². The van der Waals surface area contributed by atoms with Gasteiger partial charge in [0, 0.05) is 19.4 Å². The van der Waals surface area contributed by atoms with Gasteiger partial charge in [-0.3, -0.25) is 38.5 Å². The maximum atomic E-state index is 11.9. The van der Waals surface area contributed by atoms with E-state index in [1.165, 1.54) is 17.0 Å². The molecule has 0 saturated carbocycles. The van der Waals surface area contributed by atoms with Crippen molar-refractivity contribution in [2.24, 2.45) is 5.73 Å². The van der Waals surface area contributed by atoms with E-state index in [1.807, 2.05) is 0 Å². The van der Waals surface area contributed by atoms with Gasteiger partial charge in [-0.1, -0.05) is 39.1 Å². The summed E-state index contributed by atoms with van der Waals surface area (Å²) in [6.07, 6.45) is 1.87. The molecule has 0 radical (unpaired) electrons. The summed E-state index contributed by atoms with van der Waals surface area (Å²) in [5.41, 5.74) is 6.46. The standard InChI is InChI=1S/C13H13NO4.C11H9NO4.C5H11NO2.CH2O3.2CH4.2Na.H/c15-11(16)7-3-4-8-14-12(17)9-5-1-2-6-10(9)13(14)18;1-2-16-11(15)12-9(13)7-5-3-4-6-8(7)10(12)14;6-4-2-1-3-5(7)8;2-1-4-3;;;;;/h1-2,5-6H,3-4,7-8H2,(H,15,16);3-6H,2H2,1H3;1-4,6H2,(H,7,8);1,3H;2*1H4;;;/q;;;;;;2*+1;-1/p-1. The van der Waals surface area contributed by atoms with Crippen LogP contribution in [0.3, 0.4) is 0 Å². The Hall–Kier alpha value is -3.48. The van der Waals surface area contributed by atoms with E-state index in [0.29, 0.717) is 41.8 Å². The zero-order valence-electron chi connectivity index (χ0n) is 27.9. The number of unbranched alkanes of at least 4 members (excludes halogenated alkanes) is 2. The van der Waals surface area contributed by atoms with Crippen molar-refractivity contribution in [1.29, 1.82) is 0 Å². The molecule has 4 N–H and O–H groups in total. The van der Waals surface area contributed by atoms with Crippen LogP contribution in [-0.2, 0) is 24.0 Å². The Bertz CT molecular complexity index is 1360. The van der Waals surface area contributed by atoms with Crippen LogP contribution < -0.4 is 70.1 Å². The van der Waals surface area contributed by atoms with Gasteiger partial charge in [0.2, 0.25) is 0 Å². The number of fused-ring (bicyclic) bond motifs is 2. The Morgan fingerprint density at radius 2 is 1.12 bits per heavy atom. The van der Waals surface area contributed by atoms with Crippen LogP contribution in [0.5, 0.6) is 0 Å². The number of amides is 5. The molecule has 2 aromatic rings. The minimum Gasteiger partial charge on any atom is -1.00 e. The quantitative estimate of drug-likeness (QED) is 0.0522. The van der Waals surface area contributed by atoms with Crippen molar-refractivity contribution in [1.82, 2.24) is 9.80 Å². The second-order valence-electron chi connectivity index (χ2n) is 9.18. The van der Waals surface area contributed by atoms with E-state index < -0.39 is 29.8 Å². The first kappa shape index (κ1) is 53.3. The first-order valence-corrected chi connectivity index (χ1v) is 13.9. The van der Waals surface area contributed by atoms with Gasteiger partial charge >= 0.3 is 77.1 Å². The number of carboxylic acid groups (broad SMARTS) is 2. The number of hydrogen-bond donors (Lipinski definition) is 3. The first-order valence-electron chi connectivity index (χ1n) is 13.9. The maximum Gasteiger partial charge on any atom is 1.00 e. The number of imide groups is 4. The molecule has 0 fully saturated rings. The van der Waals surface area contributed by atoms with Crippen LogP contribution >= 0.6 is 0 Å². The first-order chi connectivity index (χ1) is 22.0. The third-order valence-corrected chi connectivity index (χ3v) is 6.03. The number of carboxylic acids is 2. The fourth-order valence-electron chi connectivity index (χ4n) is 3.95. The maximum absolute atomic E-state index is 11.9. The molecule has 2 heterocycles. The summed E-state index contributed by atoms with van der Waals surface area (Å²) < 4.78 is 4.64. The normalized spacial score (nSPS) is 11.3. The number of benzene rings is 2. The predicted molar refractivity (Wildman–Crippen MR) is 170 cm³/mol. The van der Waals surface area contributed by atoms with E-state index in [2.05, 4.69) is 9.62 Å². The van der Waals surface area contributed by atoms with Crippen molar-refractivity contribution in [2.75, 3.05) is 19.7 Å². The third kappa shape index (κ3) is 17.0. The molecule has 266 valence electrons. The van der Waals surface area contributed by atoms with Crippen molar-refractivity contribution < 1.29 is 124 Å². The van der Waals surface area contributed by atoms with Crippen molar-refractivity contribution in [3.63, 3.8) is 0 Å². The summed E-state index contributed by atoms with van der Waals surface area (Å²) in [6.45, 7) is 2.41. The molecule has 0 aromatic heterocycles. The topological polar surface area (TPSA) is 251 Å². The van der Waals surface area contributed by atoms with Crippen molar-refractivity contribution >= 4 is 48.1 Å². The molecule has 2 aromatic carbocycles. The van der Waals surface area contributed by atoms with Crippen molar-refractivity contribution in [3.05, 3.63) is 70.8 Å². The number of aliphatic carboxylic acids is 2. The zero-order chi connectivity index (χ0) is 34.6. The number of ether oxygens (including phenoxy) is 1. The molecule has 0 aliphatic carbocycles. The average molecular weight is 724 g/mol. The van der Waals surface area contributed by atoms with Gasteiger partial charge in [-0.2, -0.15) is 4.90 Å². The van der Waals surface area contributed by atoms with E-state index in [-0.39, 0.29) is 131 Å². The Labute approximate surface area is 336 Å². The summed E-state index contributed by atoms with van der Waals surface area (Å²) in [5, 5.41) is 25.0. The smallest absolute Gasteiger partial charge is 1.00 e. The fraction of sp³-hybridized carbons (Fsp3) is 0.375. The summed E-state index contributed by atoms with van der Waals surface area (Å²) in [6, 6.07) is 13.0. The Morgan fingerprint density at radius 1 is 0.760 bits per heavy atom. The van der Waals surface area contributed by atoms with E-state index in [4.69, 9.17) is 26.0 Å². The molecular weight excluding hydrogens is 680 g/mol.